The number of hydrogen-bond donors (Lipinski definition) is 1. The molecular formula is C23H21ClN2O3. The minimum Gasteiger partial charge on any atom is -0.487 e. The van der Waals surface area contributed by atoms with E-state index in [1.54, 1.807) is 43.6 Å². The van der Waals surface area contributed by atoms with Crippen molar-refractivity contribution in [2.75, 3.05) is 6.54 Å². The Labute approximate surface area is 174 Å². The molecule has 148 valence electrons. The van der Waals surface area contributed by atoms with E-state index in [9.17, 15) is 4.79 Å². The smallest absolute Gasteiger partial charge is 0.260 e. The molecule has 4 rings (SSSR count). The van der Waals surface area contributed by atoms with Crippen LogP contribution in [-0.4, -0.2) is 29.6 Å². The van der Waals surface area contributed by atoms with Crippen LogP contribution >= 0.6 is 11.6 Å². The number of halogens is 1. The number of carbonyl (C=O) groups is 1. The standard InChI is InChI=1S/C23H21ClN2O3/c1-15(28-19-6-3-5-18(24)13-19)23(27)26-14-20-12-17-4-2-7-21(22(17)29-20)16-8-10-25-11-9-16/h2-11,13,15,20H,12,14H2,1H3,(H,26,27)/t15-,20-/m0/s1. The van der Waals surface area contributed by atoms with E-state index in [0.29, 0.717) is 17.3 Å². The topological polar surface area (TPSA) is 60.5 Å². The Bertz CT molecular complexity index is 1010. The zero-order chi connectivity index (χ0) is 20.2. The normalized spacial score (nSPS) is 15.9. The van der Waals surface area contributed by atoms with Gasteiger partial charge in [0.2, 0.25) is 0 Å². The van der Waals surface area contributed by atoms with Crippen molar-refractivity contribution in [2.24, 2.45) is 0 Å². The lowest BCUT2D eigenvalue weighted by Gasteiger charge is -2.17. The third-order valence-corrected chi connectivity index (χ3v) is 5.04. The van der Waals surface area contributed by atoms with Crippen LogP contribution in [0.25, 0.3) is 11.1 Å². The maximum Gasteiger partial charge on any atom is 0.260 e. The van der Waals surface area contributed by atoms with E-state index in [1.165, 1.54) is 0 Å². The Kier molecular flexibility index (Phi) is 5.67. The molecule has 0 unspecified atom stereocenters. The molecule has 1 aliphatic rings. The molecule has 0 bridgehead atoms. The van der Waals surface area contributed by atoms with Gasteiger partial charge in [0.15, 0.2) is 6.10 Å². The number of para-hydroxylation sites is 1. The fourth-order valence-electron chi connectivity index (χ4n) is 3.37. The summed E-state index contributed by atoms with van der Waals surface area (Å²) < 4.78 is 11.8. The first kappa shape index (κ1) is 19.3. The molecule has 0 spiro atoms. The van der Waals surface area contributed by atoms with E-state index in [-0.39, 0.29) is 12.0 Å². The summed E-state index contributed by atoms with van der Waals surface area (Å²) in [5.74, 6) is 1.24. The minimum absolute atomic E-state index is 0.115. The molecule has 0 radical (unpaired) electrons. The van der Waals surface area contributed by atoms with Crippen LogP contribution in [0.3, 0.4) is 0 Å². The van der Waals surface area contributed by atoms with E-state index < -0.39 is 6.10 Å². The molecule has 1 amide bonds. The molecule has 0 saturated heterocycles. The molecule has 5 nitrogen and oxygen atoms in total. The van der Waals surface area contributed by atoms with Gasteiger partial charge in [0, 0.05) is 29.4 Å². The number of nitrogens with zero attached hydrogens (tertiary/aromatic N) is 1. The Morgan fingerprint density at radius 3 is 2.83 bits per heavy atom. The van der Waals surface area contributed by atoms with Crippen LogP contribution in [0.1, 0.15) is 12.5 Å². The van der Waals surface area contributed by atoms with E-state index in [2.05, 4.69) is 16.4 Å². The van der Waals surface area contributed by atoms with Gasteiger partial charge in [-0.05, 0) is 48.4 Å². The third kappa shape index (κ3) is 4.51. The summed E-state index contributed by atoms with van der Waals surface area (Å²) in [6.45, 7) is 2.12. The minimum atomic E-state index is -0.635. The van der Waals surface area contributed by atoms with Crippen molar-refractivity contribution in [1.82, 2.24) is 10.3 Å². The van der Waals surface area contributed by atoms with Gasteiger partial charge in [0.05, 0.1) is 6.54 Å². The quantitative estimate of drug-likeness (QED) is 0.661. The predicted molar refractivity (Wildman–Crippen MR) is 112 cm³/mol. The number of nitrogens with one attached hydrogen (secondary N) is 1. The van der Waals surface area contributed by atoms with Gasteiger partial charge in [0.25, 0.3) is 5.91 Å². The predicted octanol–water partition coefficient (Wildman–Crippen LogP) is 4.29. The molecule has 29 heavy (non-hydrogen) atoms. The van der Waals surface area contributed by atoms with Crippen molar-refractivity contribution in [2.45, 2.75) is 25.6 Å². The van der Waals surface area contributed by atoms with Crippen LogP contribution in [0.15, 0.2) is 67.0 Å². The molecule has 3 aromatic rings. The second-order valence-corrected chi connectivity index (χ2v) is 7.37. The molecule has 0 fully saturated rings. The molecule has 1 N–H and O–H groups in total. The molecule has 0 aliphatic carbocycles. The van der Waals surface area contributed by atoms with Crippen LogP contribution in [-0.2, 0) is 11.2 Å². The Morgan fingerprint density at radius 1 is 1.24 bits per heavy atom. The van der Waals surface area contributed by atoms with E-state index in [4.69, 9.17) is 21.1 Å². The Balaban J connectivity index is 1.35. The van der Waals surface area contributed by atoms with Crippen LogP contribution in [0, 0.1) is 0 Å². The molecule has 6 heteroatoms. The maximum atomic E-state index is 12.4. The second kappa shape index (κ2) is 8.53. The highest BCUT2D eigenvalue weighted by Gasteiger charge is 2.27. The first-order chi connectivity index (χ1) is 14.1. The highest BCUT2D eigenvalue weighted by Crippen LogP contribution is 2.38. The highest BCUT2D eigenvalue weighted by atomic mass is 35.5. The van der Waals surface area contributed by atoms with E-state index >= 15 is 0 Å². The van der Waals surface area contributed by atoms with Gasteiger partial charge < -0.3 is 14.8 Å². The summed E-state index contributed by atoms with van der Waals surface area (Å²) in [6.07, 6.45) is 3.53. The monoisotopic (exact) mass is 408 g/mol. The first-order valence-corrected chi connectivity index (χ1v) is 9.87. The lowest BCUT2D eigenvalue weighted by molar-refractivity contribution is -0.127. The number of carbonyl (C=O) groups excluding carboxylic acids is 1. The average molecular weight is 409 g/mol. The third-order valence-electron chi connectivity index (χ3n) is 4.80. The number of benzene rings is 2. The van der Waals surface area contributed by atoms with E-state index in [1.807, 2.05) is 24.3 Å². The van der Waals surface area contributed by atoms with Crippen LogP contribution in [0.5, 0.6) is 11.5 Å². The second-order valence-electron chi connectivity index (χ2n) is 6.94. The largest absolute Gasteiger partial charge is 0.487 e. The summed E-state index contributed by atoms with van der Waals surface area (Å²) in [4.78, 5) is 16.5. The van der Waals surface area contributed by atoms with E-state index in [0.717, 1.165) is 28.9 Å². The van der Waals surface area contributed by atoms with Crippen molar-refractivity contribution in [3.05, 3.63) is 77.6 Å². The Morgan fingerprint density at radius 2 is 2.03 bits per heavy atom. The molecule has 0 saturated carbocycles. The van der Waals surface area contributed by atoms with Gasteiger partial charge >= 0.3 is 0 Å². The summed E-state index contributed by atoms with van der Waals surface area (Å²) in [7, 11) is 0. The fourth-order valence-corrected chi connectivity index (χ4v) is 3.55. The van der Waals surface area contributed by atoms with Crippen molar-refractivity contribution >= 4 is 17.5 Å². The van der Waals surface area contributed by atoms with Gasteiger partial charge in [-0.2, -0.15) is 0 Å². The number of pyridine rings is 1. The van der Waals surface area contributed by atoms with Gasteiger partial charge in [0.1, 0.15) is 17.6 Å². The van der Waals surface area contributed by atoms with Crippen molar-refractivity contribution in [3.63, 3.8) is 0 Å². The fraction of sp³-hybridized carbons (Fsp3) is 0.217. The summed E-state index contributed by atoms with van der Waals surface area (Å²) >= 11 is 5.96. The average Bonchev–Trinajstić information content (AvgIpc) is 3.15. The number of fused-ring (bicyclic) bond motifs is 1. The van der Waals surface area contributed by atoms with Crippen molar-refractivity contribution in [3.8, 4) is 22.6 Å². The number of ether oxygens (including phenoxy) is 2. The number of aromatic nitrogens is 1. The van der Waals surface area contributed by atoms with Gasteiger partial charge in [-0.3, -0.25) is 9.78 Å². The molecular weight excluding hydrogens is 388 g/mol. The van der Waals surface area contributed by atoms with Gasteiger partial charge in [-0.25, -0.2) is 0 Å². The first-order valence-electron chi connectivity index (χ1n) is 9.49. The van der Waals surface area contributed by atoms with Crippen LogP contribution in [0.4, 0.5) is 0 Å². The molecule has 1 aliphatic heterocycles. The van der Waals surface area contributed by atoms with Gasteiger partial charge in [-0.15, -0.1) is 0 Å². The van der Waals surface area contributed by atoms with Crippen LogP contribution in [0.2, 0.25) is 5.02 Å². The van der Waals surface area contributed by atoms with Crippen molar-refractivity contribution < 1.29 is 14.3 Å². The SMILES string of the molecule is C[C@H](Oc1cccc(Cl)c1)C(=O)NC[C@@H]1Cc2cccc(-c3ccncc3)c2O1. The molecule has 2 aromatic carbocycles. The summed E-state index contributed by atoms with van der Waals surface area (Å²) in [6, 6.07) is 17.0. The lowest BCUT2D eigenvalue weighted by atomic mass is 10.0. The van der Waals surface area contributed by atoms with Gasteiger partial charge in [-0.1, -0.05) is 35.9 Å². The van der Waals surface area contributed by atoms with Crippen LogP contribution < -0.4 is 14.8 Å². The maximum absolute atomic E-state index is 12.4. The zero-order valence-corrected chi connectivity index (χ0v) is 16.7. The number of amides is 1. The highest BCUT2D eigenvalue weighted by molar-refractivity contribution is 6.30. The van der Waals surface area contributed by atoms with Crippen molar-refractivity contribution in [1.29, 1.82) is 0 Å². The molecule has 2 atom stereocenters. The molecule has 2 heterocycles. The molecule has 1 aromatic heterocycles. The Hall–Kier alpha value is -3.05. The number of rotatable bonds is 6. The summed E-state index contributed by atoms with van der Waals surface area (Å²) in [5.41, 5.74) is 3.24. The lowest BCUT2D eigenvalue weighted by Crippen LogP contribution is -2.41. The summed E-state index contributed by atoms with van der Waals surface area (Å²) in [5, 5.41) is 3.49. The number of hydrogen-bond acceptors (Lipinski definition) is 4. The zero-order valence-electron chi connectivity index (χ0n) is 16.0.